The summed E-state index contributed by atoms with van der Waals surface area (Å²) in [7, 11) is 0. The number of hydrogen-bond donors (Lipinski definition) is 1. The van der Waals surface area contributed by atoms with Gasteiger partial charge in [0.25, 0.3) is 0 Å². The maximum absolute atomic E-state index is 5.49. The second-order valence-electron chi connectivity index (χ2n) is 5.31. The van der Waals surface area contributed by atoms with E-state index in [1.54, 1.807) is 0 Å². The fourth-order valence-corrected chi connectivity index (χ4v) is 2.88. The van der Waals surface area contributed by atoms with Crippen molar-refractivity contribution in [2.75, 3.05) is 26.3 Å². The molecule has 3 nitrogen and oxygen atoms in total. The predicted molar refractivity (Wildman–Crippen MR) is 72.5 cm³/mol. The molecule has 1 N–H and O–H groups in total. The minimum Gasteiger partial charge on any atom is -0.381 e. The first-order valence-corrected chi connectivity index (χ1v) is 7.01. The summed E-state index contributed by atoms with van der Waals surface area (Å²) in [6.07, 6.45) is 2.37. The molecule has 1 aromatic rings. The highest BCUT2D eigenvalue weighted by Gasteiger charge is 2.31. The van der Waals surface area contributed by atoms with E-state index in [2.05, 4.69) is 40.5 Å². The van der Waals surface area contributed by atoms with Crippen LogP contribution in [0.4, 0.5) is 0 Å². The molecule has 98 valence electrons. The summed E-state index contributed by atoms with van der Waals surface area (Å²) in [6, 6.07) is 12.2. The lowest BCUT2D eigenvalue weighted by Crippen LogP contribution is -2.60. The molecule has 0 bridgehead atoms. The van der Waals surface area contributed by atoms with Crippen LogP contribution < -0.4 is 5.32 Å². The maximum atomic E-state index is 5.49. The molecule has 2 aliphatic rings. The smallest absolute Gasteiger partial charge is 0.0480 e. The topological polar surface area (TPSA) is 24.5 Å². The Morgan fingerprint density at radius 1 is 1.06 bits per heavy atom. The van der Waals surface area contributed by atoms with Crippen LogP contribution in [0.25, 0.3) is 0 Å². The van der Waals surface area contributed by atoms with E-state index in [1.165, 1.54) is 18.4 Å². The summed E-state index contributed by atoms with van der Waals surface area (Å²) in [5, 5.41) is 3.39. The molecular formula is C15H22N2O. The monoisotopic (exact) mass is 246 g/mol. The van der Waals surface area contributed by atoms with Gasteiger partial charge in [0.2, 0.25) is 0 Å². The lowest BCUT2D eigenvalue weighted by Gasteiger charge is -2.44. The Hall–Kier alpha value is -0.900. The van der Waals surface area contributed by atoms with Crippen LogP contribution >= 0.6 is 0 Å². The first-order valence-electron chi connectivity index (χ1n) is 7.01. The number of benzene rings is 1. The highest BCUT2D eigenvalue weighted by molar-refractivity contribution is 5.15. The van der Waals surface area contributed by atoms with Gasteiger partial charge in [-0.15, -0.1) is 0 Å². The minimum atomic E-state index is 0.700. The molecule has 0 spiro atoms. The van der Waals surface area contributed by atoms with E-state index in [-0.39, 0.29) is 0 Å². The predicted octanol–water partition coefficient (Wildman–Crippen LogP) is 1.64. The van der Waals surface area contributed by atoms with Crippen LogP contribution in [0.1, 0.15) is 18.4 Å². The zero-order chi connectivity index (χ0) is 12.2. The average Bonchev–Trinajstić information content (AvgIpc) is 2.38. The Labute approximate surface area is 109 Å². The van der Waals surface area contributed by atoms with Crippen molar-refractivity contribution in [2.45, 2.75) is 31.5 Å². The largest absolute Gasteiger partial charge is 0.381 e. The van der Waals surface area contributed by atoms with Gasteiger partial charge in [-0.05, 0) is 18.4 Å². The molecule has 0 aromatic heterocycles. The molecule has 2 saturated heterocycles. The zero-order valence-electron chi connectivity index (χ0n) is 10.8. The zero-order valence-corrected chi connectivity index (χ0v) is 10.8. The fraction of sp³-hybridized carbons (Fsp3) is 0.600. The Morgan fingerprint density at radius 2 is 1.78 bits per heavy atom. The van der Waals surface area contributed by atoms with Gasteiger partial charge in [0.05, 0.1) is 0 Å². The van der Waals surface area contributed by atoms with E-state index in [1.807, 2.05) is 0 Å². The van der Waals surface area contributed by atoms with Crippen molar-refractivity contribution in [1.29, 1.82) is 0 Å². The van der Waals surface area contributed by atoms with E-state index in [0.29, 0.717) is 12.1 Å². The summed E-state index contributed by atoms with van der Waals surface area (Å²) < 4.78 is 5.49. The molecule has 0 aliphatic carbocycles. The van der Waals surface area contributed by atoms with Gasteiger partial charge in [0, 0.05) is 44.9 Å². The first-order chi connectivity index (χ1) is 8.93. The standard InChI is InChI=1S/C15H22N2O/c1-2-4-13(5-3-1)12-17(15-10-16-11-15)14-6-8-18-9-7-14/h1-5,14-16H,6-12H2. The number of rotatable bonds is 4. The van der Waals surface area contributed by atoms with Gasteiger partial charge in [0.15, 0.2) is 0 Å². The van der Waals surface area contributed by atoms with E-state index in [9.17, 15) is 0 Å². The van der Waals surface area contributed by atoms with Crippen LogP contribution in [-0.2, 0) is 11.3 Å². The number of nitrogens with one attached hydrogen (secondary N) is 1. The minimum absolute atomic E-state index is 0.700. The lowest BCUT2D eigenvalue weighted by molar-refractivity contribution is 0.00145. The van der Waals surface area contributed by atoms with Crippen molar-refractivity contribution in [1.82, 2.24) is 10.2 Å². The van der Waals surface area contributed by atoms with Gasteiger partial charge in [-0.25, -0.2) is 0 Å². The molecule has 2 heterocycles. The SMILES string of the molecule is c1ccc(CN(C2CCOCC2)C2CNC2)cc1. The normalized spacial score (nSPS) is 22.1. The van der Waals surface area contributed by atoms with Gasteiger partial charge in [-0.1, -0.05) is 30.3 Å². The van der Waals surface area contributed by atoms with Crippen LogP contribution in [0, 0.1) is 0 Å². The third kappa shape index (κ3) is 2.74. The summed E-state index contributed by atoms with van der Waals surface area (Å²) in [4.78, 5) is 2.69. The van der Waals surface area contributed by atoms with Crippen molar-refractivity contribution in [3.8, 4) is 0 Å². The molecule has 1 aromatic carbocycles. The molecule has 0 saturated carbocycles. The van der Waals surface area contributed by atoms with E-state index in [0.717, 1.165) is 32.8 Å². The van der Waals surface area contributed by atoms with Gasteiger partial charge < -0.3 is 10.1 Å². The fourth-order valence-electron chi connectivity index (χ4n) is 2.88. The second-order valence-corrected chi connectivity index (χ2v) is 5.31. The third-order valence-corrected chi connectivity index (χ3v) is 4.10. The van der Waals surface area contributed by atoms with Crippen LogP contribution in [0.3, 0.4) is 0 Å². The highest BCUT2D eigenvalue weighted by atomic mass is 16.5. The average molecular weight is 246 g/mol. The van der Waals surface area contributed by atoms with Gasteiger partial charge >= 0.3 is 0 Å². The maximum Gasteiger partial charge on any atom is 0.0480 e. The van der Waals surface area contributed by atoms with Gasteiger partial charge in [-0.3, -0.25) is 4.90 Å². The van der Waals surface area contributed by atoms with Crippen LogP contribution in [0.5, 0.6) is 0 Å². The molecule has 0 radical (unpaired) electrons. The molecule has 2 fully saturated rings. The summed E-state index contributed by atoms with van der Waals surface area (Å²) >= 11 is 0. The Balaban J connectivity index is 1.68. The van der Waals surface area contributed by atoms with Gasteiger partial charge in [0.1, 0.15) is 0 Å². The van der Waals surface area contributed by atoms with E-state index >= 15 is 0 Å². The Morgan fingerprint density at radius 3 is 2.39 bits per heavy atom. The number of hydrogen-bond acceptors (Lipinski definition) is 3. The molecule has 0 amide bonds. The van der Waals surface area contributed by atoms with Crippen LogP contribution in [0.2, 0.25) is 0 Å². The second kappa shape index (κ2) is 5.83. The molecule has 2 aliphatic heterocycles. The van der Waals surface area contributed by atoms with Crippen molar-refractivity contribution in [2.24, 2.45) is 0 Å². The summed E-state index contributed by atoms with van der Waals surface area (Å²) in [5.41, 5.74) is 1.43. The summed E-state index contributed by atoms with van der Waals surface area (Å²) in [6.45, 7) is 5.22. The van der Waals surface area contributed by atoms with Gasteiger partial charge in [-0.2, -0.15) is 0 Å². The summed E-state index contributed by atoms with van der Waals surface area (Å²) in [5.74, 6) is 0. The Kier molecular flexibility index (Phi) is 3.93. The van der Waals surface area contributed by atoms with Crippen LogP contribution in [-0.4, -0.2) is 43.3 Å². The number of nitrogens with zero attached hydrogens (tertiary/aromatic N) is 1. The van der Waals surface area contributed by atoms with E-state index in [4.69, 9.17) is 4.74 Å². The molecular weight excluding hydrogens is 224 g/mol. The lowest BCUT2D eigenvalue weighted by atomic mass is 10.0. The Bertz CT molecular complexity index is 358. The molecule has 3 rings (SSSR count). The van der Waals surface area contributed by atoms with Crippen LogP contribution in [0.15, 0.2) is 30.3 Å². The van der Waals surface area contributed by atoms with Crippen molar-refractivity contribution in [3.63, 3.8) is 0 Å². The third-order valence-electron chi connectivity index (χ3n) is 4.10. The van der Waals surface area contributed by atoms with Crippen molar-refractivity contribution < 1.29 is 4.74 Å². The molecule has 0 unspecified atom stereocenters. The van der Waals surface area contributed by atoms with Crippen molar-refractivity contribution in [3.05, 3.63) is 35.9 Å². The highest BCUT2D eigenvalue weighted by Crippen LogP contribution is 2.21. The van der Waals surface area contributed by atoms with E-state index < -0.39 is 0 Å². The molecule has 3 heteroatoms. The van der Waals surface area contributed by atoms with Crippen molar-refractivity contribution >= 4 is 0 Å². The first kappa shape index (κ1) is 12.2. The molecule has 18 heavy (non-hydrogen) atoms. The number of ether oxygens (including phenoxy) is 1. The molecule has 0 atom stereocenters. The quantitative estimate of drug-likeness (QED) is 0.874.